The number of carbonyl (C=O) groups is 1. The van der Waals surface area contributed by atoms with E-state index in [1.165, 1.54) is 5.57 Å². The fraction of sp³-hybridized carbons (Fsp3) is 0.927. The molecule has 0 radical (unpaired) electrons. The van der Waals surface area contributed by atoms with Gasteiger partial charge in [-0.15, -0.1) is 0 Å². The smallest absolute Gasteiger partial charge is 0.310 e. The van der Waals surface area contributed by atoms with Gasteiger partial charge in [0.05, 0.1) is 31.3 Å². The van der Waals surface area contributed by atoms with Gasteiger partial charge in [0, 0.05) is 5.41 Å². The summed E-state index contributed by atoms with van der Waals surface area (Å²) in [6.45, 7) is 12.9. The first-order valence-electron chi connectivity index (χ1n) is 20.4. The Bertz CT molecular complexity index is 1450. The van der Waals surface area contributed by atoms with E-state index in [9.17, 15) is 45.6 Å². The summed E-state index contributed by atoms with van der Waals surface area (Å²) in [6, 6.07) is 0. The van der Waals surface area contributed by atoms with Gasteiger partial charge in [-0.05, 0) is 104 Å². The lowest BCUT2D eigenvalue weighted by atomic mass is 9.33. The molecule has 0 spiro atoms. The number of aliphatic hydroxyl groups excluding tert-OH is 7. The molecule has 2 heterocycles. The van der Waals surface area contributed by atoms with Crippen LogP contribution in [0.15, 0.2) is 11.6 Å². The molecule has 6 fully saturated rings. The van der Waals surface area contributed by atoms with Crippen LogP contribution in [-0.2, 0) is 23.7 Å². The van der Waals surface area contributed by atoms with Crippen LogP contribution >= 0.6 is 0 Å². The van der Waals surface area contributed by atoms with Crippen LogP contribution in [-0.4, -0.2) is 128 Å². The lowest BCUT2D eigenvalue weighted by Crippen LogP contribution is -2.67. The van der Waals surface area contributed by atoms with Crippen molar-refractivity contribution in [3.05, 3.63) is 11.6 Å². The van der Waals surface area contributed by atoms with Gasteiger partial charge in [0.25, 0.3) is 0 Å². The molecule has 2 aliphatic heterocycles. The number of allylic oxidation sites excluding steroid dienone is 2. The van der Waals surface area contributed by atoms with Crippen molar-refractivity contribution in [1.82, 2.24) is 0 Å². The van der Waals surface area contributed by atoms with Crippen molar-refractivity contribution < 1.29 is 64.6 Å². The maximum atomic E-state index is 13.0. The quantitative estimate of drug-likeness (QED) is 0.138. The normalized spacial score (nSPS) is 54.3. The van der Waals surface area contributed by atoms with Crippen molar-refractivity contribution >= 4 is 5.97 Å². The summed E-state index contributed by atoms with van der Waals surface area (Å²) < 4.78 is 23.6. The van der Waals surface area contributed by atoms with E-state index < -0.39 is 84.8 Å². The van der Waals surface area contributed by atoms with Crippen molar-refractivity contribution in [2.24, 2.45) is 50.2 Å². The predicted molar refractivity (Wildman–Crippen MR) is 193 cm³/mol. The Morgan fingerprint density at radius 2 is 1.48 bits per heavy atom. The lowest BCUT2D eigenvalue weighted by molar-refractivity contribution is -0.352. The third-order valence-electron chi connectivity index (χ3n) is 17.0. The van der Waals surface area contributed by atoms with E-state index in [0.29, 0.717) is 18.8 Å². The Morgan fingerprint density at radius 1 is 0.796 bits per heavy atom. The van der Waals surface area contributed by atoms with E-state index >= 15 is 0 Å². The molecule has 18 atom stereocenters. The summed E-state index contributed by atoms with van der Waals surface area (Å²) in [7, 11) is 0. The van der Waals surface area contributed by atoms with Crippen LogP contribution in [0.5, 0.6) is 0 Å². The van der Waals surface area contributed by atoms with E-state index in [2.05, 4.69) is 47.6 Å². The maximum absolute atomic E-state index is 13.0. The monoisotopic (exact) mass is 766 g/mol. The number of aliphatic carboxylic acids is 1. The molecule has 0 aromatic heterocycles. The van der Waals surface area contributed by atoms with Crippen LogP contribution in [0.2, 0.25) is 0 Å². The first-order valence-corrected chi connectivity index (χ1v) is 20.4. The SMILES string of the molecule is CC1(C)CC[C@]2(C(=O)O)CCC3(C)C(=CCC4[C@@]5(C)CC[C@H](O[C@@H]6OC[C@H](O[C@@H]7O[C@H](CO)[C@@H](O)[C@H](O)[C@H]7O)[C@H](O)[C@H]6O)[C@](C)(CO)C5CC[C@]43C)C2C1. The van der Waals surface area contributed by atoms with Crippen LogP contribution < -0.4 is 0 Å². The average Bonchev–Trinajstić information content (AvgIpc) is 3.12. The molecule has 7 aliphatic rings. The molecular formula is C41H66O13. The number of ether oxygens (including phenoxy) is 4. The summed E-state index contributed by atoms with van der Waals surface area (Å²) in [6.07, 6.45) is -2.86. The van der Waals surface area contributed by atoms with Gasteiger partial charge in [-0.1, -0.05) is 53.2 Å². The Kier molecular flexibility index (Phi) is 10.6. The molecule has 0 bridgehead atoms. The fourth-order valence-corrected chi connectivity index (χ4v) is 13.4. The number of aliphatic hydroxyl groups is 7. The number of hydrogen-bond donors (Lipinski definition) is 8. The second-order valence-electron chi connectivity index (χ2n) is 20.1. The van der Waals surface area contributed by atoms with Crippen molar-refractivity contribution in [3.8, 4) is 0 Å². The van der Waals surface area contributed by atoms with Gasteiger partial charge in [0.1, 0.15) is 42.7 Å². The Hall–Kier alpha value is -1.23. The zero-order valence-electron chi connectivity index (χ0n) is 32.9. The van der Waals surface area contributed by atoms with Crippen LogP contribution in [0.3, 0.4) is 0 Å². The molecule has 7 rings (SSSR count). The molecule has 8 N–H and O–H groups in total. The van der Waals surface area contributed by atoms with Crippen LogP contribution in [0.1, 0.15) is 106 Å². The standard InChI is InChI=1S/C41H66O13/c1-36(2)13-15-41(35(49)50)16-14-39(5)21(22(41)17-36)7-8-26-37(3)11-10-27(38(4,20-43)25(37)9-12-40(26,39)6)54-33-31(47)29(45)24(19-51-33)53-34-32(48)30(46)28(44)23(18-42)52-34/h7,22-34,42-48H,8-20H2,1-6H3,(H,49,50)/t22?,23-,24+,25?,26?,27+,28-,29+,30+,31-,32-,33+,34+,37+,38-,39?,40-,41+/m1/s1. The minimum Gasteiger partial charge on any atom is -0.481 e. The summed E-state index contributed by atoms with van der Waals surface area (Å²) in [5.41, 5.74) is -0.234. The molecule has 13 heteroatoms. The fourth-order valence-electron chi connectivity index (χ4n) is 13.4. The number of rotatable bonds is 7. The number of carboxylic acids is 1. The second kappa shape index (κ2) is 14.0. The Balaban J connectivity index is 1.08. The third-order valence-corrected chi connectivity index (χ3v) is 17.0. The number of hydrogen-bond acceptors (Lipinski definition) is 12. The van der Waals surface area contributed by atoms with Gasteiger partial charge in [-0.3, -0.25) is 4.79 Å². The van der Waals surface area contributed by atoms with E-state index in [0.717, 1.165) is 51.4 Å². The molecular weight excluding hydrogens is 700 g/mol. The van der Waals surface area contributed by atoms with E-state index in [1.807, 2.05) is 0 Å². The zero-order valence-corrected chi connectivity index (χ0v) is 32.9. The molecule has 4 saturated carbocycles. The summed E-state index contributed by atoms with van der Waals surface area (Å²) in [5.74, 6) is -0.194. The summed E-state index contributed by atoms with van der Waals surface area (Å²) in [5, 5.41) is 84.5. The lowest BCUT2D eigenvalue weighted by Gasteiger charge is -2.71. The first-order chi connectivity index (χ1) is 25.2. The van der Waals surface area contributed by atoms with Crippen molar-refractivity contribution in [3.63, 3.8) is 0 Å². The number of carboxylic acid groups (broad SMARTS) is 1. The van der Waals surface area contributed by atoms with Crippen molar-refractivity contribution in [1.29, 1.82) is 0 Å². The second-order valence-corrected chi connectivity index (χ2v) is 20.1. The van der Waals surface area contributed by atoms with Gasteiger partial charge < -0.3 is 59.8 Å². The minimum atomic E-state index is -1.68. The summed E-state index contributed by atoms with van der Waals surface area (Å²) >= 11 is 0. The Labute approximate surface area is 319 Å². The molecule has 0 amide bonds. The molecule has 13 nitrogen and oxygen atoms in total. The van der Waals surface area contributed by atoms with Crippen molar-refractivity contribution in [2.45, 2.75) is 167 Å². The zero-order chi connectivity index (χ0) is 39.4. The van der Waals surface area contributed by atoms with Gasteiger partial charge in [-0.2, -0.15) is 0 Å². The first kappa shape index (κ1) is 40.9. The van der Waals surface area contributed by atoms with Gasteiger partial charge in [0.15, 0.2) is 12.6 Å². The van der Waals surface area contributed by atoms with E-state index in [4.69, 9.17) is 18.9 Å². The maximum Gasteiger partial charge on any atom is 0.310 e. The Morgan fingerprint density at radius 3 is 2.15 bits per heavy atom. The largest absolute Gasteiger partial charge is 0.481 e. The van der Waals surface area contributed by atoms with Crippen LogP contribution in [0, 0.1) is 50.2 Å². The highest BCUT2D eigenvalue weighted by atomic mass is 16.7. The van der Waals surface area contributed by atoms with E-state index in [1.54, 1.807) is 0 Å². The molecule has 0 aromatic carbocycles. The van der Waals surface area contributed by atoms with Crippen LogP contribution in [0.25, 0.3) is 0 Å². The average molecular weight is 767 g/mol. The third kappa shape index (κ3) is 5.92. The highest BCUT2D eigenvalue weighted by Crippen LogP contribution is 2.76. The molecule has 0 aromatic rings. The van der Waals surface area contributed by atoms with Gasteiger partial charge in [0.2, 0.25) is 0 Å². The van der Waals surface area contributed by atoms with E-state index in [-0.39, 0.29) is 46.7 Å². The predicted octanol–water partition coefficient (Wildman–Crippen LogP) is 2.49. The molecule has 5 aliphatic carbocycles. The molecule has 4 unspecified atom stereocenters. The van der Waals surface area contributed by atoms with Gasteiger partial charge >= 0.3 is 5.97 Å². The molecule has 308 valence electrons. The highest BCUT2D eigenvalue weighted by Gasteiger charge is 2.70. The molecule has 2 saturated heterocycles. The van der Waals surface area contributed by atoms with Crippen molar-refractivity contribution in [2.75, 3.05) is 19.8 Å². The number of fused-ring (bicyclic) bond motifs is 7. The molecule has 54 heavy (non-hydrogen) atoms. The summed E-state index contributed by atoms with van der Waals surface area (Å²) in [4.78, 5) is 13.0. The minimum absolute atomic E-state index is 0.0344. The topological polar surface area (TPSA) is 216 Å². The van der Waals surface area contributed by atoms with Crippen LogP contribution in [0.4, 0.5) is 0 Å². The van der Waals surface area contributed by atoms with Gasteiger partial charge in [-0.25, -0.2) is 0 Å². The highest BCUT2D eigenvalue weighted by molar-refractivity contribution is 5.76.